The van der Waals surface area contributed by atoms with Crippen molar-refractivity contribution in [1.82, 2.24) is 9.55 Å². The van der Waals surface area contributed by atoms with E-state index in [-0.39, 0.29) is 44.4 Å². The number of ether oxygens (including phenoxy) is 1. The monoisotopic (exact) mass is 895 g/mol. The van der Waals surface area contributed by atoms with Crippen molar-refractivity contribution in [3.05, 3.63) is 174 Å². The van der Waals surface area contributed by atoms with Gasteiger partial charge in [0.25, 0.3) is 0 Å². The first-order chi connectivity index (χ1) is 26.3. The van der Waals surface area contributed by atoms with Crippen LogP contribution in [0.25, 0.3) is 61.1 Å². The second-order valence-electron chi connectivity index (χ2n) is 15.4. The number of aromatic hydroxyl groups is 1. The summed E-state index contributed by atoms with van der Waals surface area (Å²) < 4.78 is 8.69. The maximum absolute atomic E-state index is 11.9. The number of phenolic OH excluding ortho intramolecular Hbond substituents is 1. The van der Waals surface area contributed by atoms with Gasteiger partial charge >= 0.3 is 0 Å². The first-order valence-corrected chi connectivity index (χ1v) is 18.6. The molecule has 7 aromatic carbocycles. The van der Waals surface area contributed by atoms with Crippen LogP contribution in [0.2, 0.25) is 0 Å². The van der Waals surface area contributed by atoms with Crippen LogP contribution in [-0.2, 0) is 37.6 Å². The molecular weight excluding hydrogens is 858 g/mol. The van der Waals surface area contributed by atoms with Crippen molar-refractivity contribution in [2.45, 2.75) is 44.8 Å². The van der Waals surface area contributed by atoms with Crippen LogP contribution in [0.4, 0.5) is 0 Å². The van der Waals surface area contributed by atoms with Gasteiger partial charge < -0.3 is 9.84 Å². The minimum atomic E-state index is -0.0537. The minimum Gasteiger partial charge on any atom is -0.507 e. The molecule has 1 aromatic heterocycles. The van der Waals surface area contributed by atoms with Crippen LogP contribution in [0.5, 0.6) is 5.75 Å². The van der Waals surface area contributed by atoms with E-state index in [0.717, 1.165) is 61.7 Å². The van der Waals surface area contributed by atoms with Crippen molar-refractivity contribution in [1.29, 1.82) is 0 Å². The molecule has 55 heavy (non-hydrogen) atoms. The minimum absolute atomic E-state index is 0. The van der Waals surface area contributed by atoms with Gasteiger partial charge in [-0.15, -0.1) is 29.8 Å². The van der Waals surface area contributed by atoms with E-state index >= 15 is 0 Å². The summed E-state index contributed by atoms with van der Waals surface area (Å²) in [4.78, 5) is 10.5. The maximum atomic E-state index is 11.9. The summed E-state index contributed by atoms with van der Waals surface area (Å²) in [5.74, 6) is 1.50. The van der Waals surface area contributed by atoms with Crippen molar-refractivity contribution in [3.8, 4) is 45.1 Å². The molecule has 0 radical (unpaired) electrons. The summed E-state index contributed by atoms with van der Waals surface area (Å²) in [7, 11) is 0. The summed E-state index contributed by atoms with van der Waals surface area (Å²) in [6, 6.07) is 53.8. The second kappa shape index (κ2) is 13.5. The molecule has 1 aliphatic carbocycles. The fourth-order valence-corrected chi connectivity index (χ4v) is 8.20. The van der Waals surface area contributed by atoms with Gasteiger partial charge in [-0.25, -0.2) is 4.98 Å². The average molecular weight is 896 g/mol. The maximum Gasteiger partial charge on any atom is 0.148 e. The number of rotatable bonds is 5. The van der Waals surface area contributed by atoms with E-state index in [4.69, 9.17) is 14.7 Å². The largest absolute Gasteiger partial charge is 0.507 e. The van der Waals surface area contributed by atoms with Gasteiger partial charge in [0.2, 0.25) is 0 Å². The molecule has 0 saturated carbocycles. The van der Waals surface area contributed by atoms with E-state index in [9.17, 15) is 5.11 Å². The van der Waals surface area contributed by atoms with E-state index in [0.29, 0.717) is 17.3 Å². The molecule has 1 aliphatic heterocycles. The number of phenols is 1. The van der Waals surface area contributed by atoms with Crippen molar-refractivity contribution < 1.29 is 30.9 Å². The molecule has 6 heteroatoms. The molecule has 0 fully saturated rings. The van der Waals surface area contributed by atoms with Crippen LogP contribution < -0.4 is 0 Å². The van der Waals surface area contributed by atoms with Crippen molar-refractivity contribution in [2.75, 3.05) is 0 Å². The molecule has 0 unspecified atom stereocenters. The Morgan fingerprint density at radius 3 is 2.35 bits per heavy atom. The van der Waals surface area contributed by atoms with Gasteiger partial charge in [0.1, 0.15) is 29.6 Å². The van der Waals surface area contributed by atoms with Crippen LogP contribution in [0.3, 0.4) is 0 Å². The van der Waals surface area contributed by atoms with Crippen molar-refractivity contribution >= 4 is 27.7 Å². The Labute approximate surface area is 335 Å². The zero-order valence-electron chi connectivity index (χ0n) is 30.7. The van der Waals surface area contributed by atoms with Crippen LogP contribution in [0.1, 0.15) is 49.1 Å². The molecule has 10 rings (SSSR count). The number of fused-ring (bicyclic) bond motifs is 5. The molecule has 272 valence electrons. The molecule has 1 N–H and O–H groups in total. The average Bonchev–Trinajstić information content (AvgIpc) is 3.89. The smallest absolute Gasteiger partial charge is 0.148 e. The van der Waals surface area contributed by atoms with Crippen LogP contribution in [0.15, 0.2) is 151 Å². The first kappa shape index (κ1) is 35.0. The van der Waals surface area contributed by atoms with Crippen LogP contribution in [-0.4, -0.2) is 26.7 Å². The molecule has 0 bridgehead atoms. The number of hydrogen-bond acceptors (Lipinski definition) is 4. The first-order valence-electron chi connectivity index (χ1n) is 18.6. The van der Waals surface area contributed by atoms with Crippen molar-refractivity contribution in [3.63, 3.8) is 0 Å². The molecule has 8 aromatic rings. The van der Waals surface area contributed by atoms with Gasteiger partial charge in [0.05, 0.1) is 22.3 Å². The van der Waals surface area contributed by atoms with E-state index in [1.54, 1.807) is 0 Å². The van der Waals surface area contributed by atoms with Gasteiger partial charge in [0, 0.05) is 38.4 Å². The third kappa shape index (κ3) is 5.89. The Kier molecular flexibility index (Phi) is 8.59. The van der Waals surface area contributed by atoms with Gasteiger partial charge in [-0.3, -0.25) is 9.56 Å². The third-order valence-electron chi connectivity index (χ3n) is 11.0. The fourth-order valence-electron chi connectivity index (χ4n) is 8.20. The van der Waals surface area contributed by atoms with E-state index in [1.807, 2.05) is 48.5 Å². The Morgan fingerprint density at radius 1 is 0.727 bits per heavy atom. The van der Waals surface area contributed by atoms with Gasteiger partial charge in [-0.05, 0) is 57.3 Å². The molecular formula is C49H38N3O2Pt-. The van der Waals surface area contributed by atoms with Crippen LogP contribution in [0, 0.1) is 6.07 Å². The predicted molar refractivity (Wildman–Crippen MR) is 218 cm³/mol. The van der Waals surface area contributed by atoms with Gasteiger partial charge in [0.15, 0.2) is 0 Å². The number of benzene rings is 7. The molecule has 0 spiro atoms. The van der Waals surface area contributed by atoms with Gasteiger partial charge in [-0.1, -0.05) is 135 Å². The standard InChI is InChI=1S/C49H38N3O2.Pt/c1-49(2,3)35-24-26-41(40(29-35)30-13-5-4-6-14-30)52-42-22-12-21-36(44(42)50-47(52)39-25-23-31-15-7-10-20-38(31)46(39)53)32-17-11-18-34(27-32)48-51-45-37-19-9-8-16-33(37)28-43(45)54-48;/h4-26,29,43,45,53H,28H2,1-3H3;/q-1;/t43-,45+;/m1./s1. The third-order valence-corrected chi connectivity index (χ3v) is 11.0. The van der Waals surface area contributed by atoms with E-state index in [2.05, 4.69) is 128 Å². The van der Waals surface area contributed by atoms with Crippen LogP contribution >= 0.6 is 0 Å². The Hall–Kier alpha value is -5.77. The molecule has 2 heterocycles. The number of imidazole rings is 1. The summed E-state index contributed by atoms with van der Waals surface area (Å²) >= 11 is 0. The molecule has 5 nitrogen and oxygen atoms in total. The number of para-hydroxylation sites is 1. The summed E-state index contributed by atoms with van der Waals surface area (Å²) in [6.07, 6.45) is 0.866. The normalized spacial score (nSPS) is 16.0. The van der Waals surface area contributed by atoms with E-state index < -0.39 is 0 Å². The Morgan fingerprint density at radius 2 is 1.49 bits per heavy atom. The molecule has 0 amide bonds. The predicted octanol–water partition coefficient (Wildman–Crippen LogP) is 11.4. The topological polar surface area (TPSA) is 59.6 Å². The Balaban J connectivity index is 0.00000397. The molecule has 2 atom stereocenters. The summed E-state index contributed by atoms with van der Waals surface area (Å²) in [5.41, 5.74) is 12.0. The number of aliphatic imine (C=N–C) groups is 1. The second-order valence-corrected chi connectivity index (χ2v) is 15.4. The quantitative estimate of drug-likeness (QED) is 0.175. The van der Waals surface area contributed by atoms with Gasteiger partial charge in [-0.2, -0.15) is 0 Å². The van der Waals surface area contributed by atoms with Crippen molar-refractivity contribution in [2.24, 2.45) is 4.99 Å². The number of aromatic nitrogens is 2. The number of hydrogen-bond donors (Lipinski definition) is 1. The summed E-state index contributed by atoms with van der Waals surface area (Å²) in [5, 5.41) is 13.7. The molecule has 2 aliphatic rings. The summed E-state index contributed by atoms with van der Waals surface area (Å²) in [6.45, 7) is 6.73. The number of nitrogens with zero attached hydrogens (tertiary/aromatic N) is 3. The zero-order valence-corrected chi connectivity index (χ0v) is 33.0. The Bertz CT molecular complexity index is 2800. The zero-order chi connectivity index (χ0) is 36.6. The fraction of sp³-hybridized carbons (Fsp3) is 0.143. The SMILES string of the molecule is CC(C)(C)c1ccc(-n2c(-c3ccc4ccccc4c3O)nc3c(-c4[c-]c(C5=N[C@H]6c7ccccc7C[C@H]6O5)ccc4)cccc32)c(-c2ccccc2)c1.[Pt]. The van der Waals surface area contributed by atoms with E-state index in [1.165, 1.54) is 16.7 Å². The molecule has 0 saturated heterocycles.